The molecule has 0 saturated heterocycles. The summed E-state index contributed by atoms with van der Waals surface area (Å²) in [5.41, 5.74) is 2.07. The Morgan fingerprint density at radius 1 is 1.33 bits per heavy atom. The highest BCUT2D eigenvalue weighted by Crippen LogP contribution is 2.26. The first-order valence-corrected chi connectivity index (χ1v) is 8.27. The Labute approximate surface area is 147 Å². The Hall–Kier alpha value is -2.62. The van der Waals surface area contributed by atoms with Crippen LogP contribution in [-0.2, 0) is 0 Å². The van der Waals surface area contributed by atoms with E-state index in [2.05, 4.69) is 15.3 Å². The molecule has 1 amide bonds. The number of hydrogen-bond acceptors (Lipinski definition) is 4. The Morgan fingerprint density at radius 2 is 2.08 bits per heavy atom. The van der Waals surface area contributed by atoms with E-state index >= 15 is 0 Å². The fourth-order valence-corrected chi connectivity index (χ4v) is 3.06. The second-order valence-corrected chi connectivity index (χ2v) is 6.79. The molecule has 0 bridgehead atoms. The lowest BCUT2D eigenvalue weighted by atomic mass is 10.1. The largest absolute Gasteiger partial charge is 0.359 e. The molecule has 0 aliphatic heterocycles. The number of benzene rings is 1. The Balaban J connectivity index is 1.72. The molecule has 120 valence electrons. The summed E-state index contributed by atoms with van der Waals surface area (Å²) in [6, 6.07) is 11.9. The smallest absolute Gasteiger partial charge is 0.261 e. The molecule has 1 atom stereocenters. The van der Waals surface area contributed by atoms with Gasteiger partial charge in [0.25, 0.3) is 5.91 Å². The van der Waals surface area contributed by atoms with Crippen molar-refractivity contribution in [2.24, 2.45) is 0 Å². The third-order valence-corrected chi connectivity index (χ3v) is 4.62. The highest BCUT2D eigenvalue weighted by Gasteiger charge is 2.17. The lowest BCUT2D eigenvalue weighted by molar-refractivity contribution is 0.0938. The molecule has 5 nitrogen and oxygen atoms in total. The number of nitrogens with one attached hydrogen (secondary N) is 1. The molecule has 0 saturated carbocycles. The van der Waals surface area contributed by atoms with Crippen molar-refractivity contribution in [1.29, 1.82) is 0 Å². The quantitative estimate of drug-likeness (QED) is 0.661. The lowest BCUT2D eigenvalue weighted by Gasteiger charge is -2.09. The fourth-order valence-electron chi connectivity index (χ4n) is 2.11. The summed E-state index contributed by atoms with van der Waals surface area (Å²) in [7, 11) is 0. The van der Waals surface area contributed by atoms with Crippen molar-refractivity contribution in [2.75, 3.05) is 0 Å². The third-order valence-electron chi connectivity index (χ3n) is 3.39. The minimum atomic E-state index is -0.331. The lowest BCUT2D eigenvalue weighted by Crippen LogP contribution is -2.25. The normalized spacial score (nSPS) is 11.7. The van der Waals surface area contributed by atoms with Gasteiger partial charge in [0.05, 0.1) is 21.8 Å². The minimum Gasteiger partial charge on any atom is -0.359 e. The molecule has 7 heteroatoms. The van der Waals surface area contributed by atoms with Crippen molar-refractivity contribution in [3.8, 4) is 11.3 Å². The van der Waals surface area contributed by atoms with Crippen molar-refractivity contribution in [1.82, 2.24) is 10.5 Å². The summed E-state index contributed by atoms with van der Waals surface area (Å²) < 4.78 is 5.90. The van der Waals surface area contributed by atoms with E-state index in [9.17, 15) is 4.79 Å². The summed E-state index contributed by atoms with van der Waals surface area (Å²) >= 11 is 7.06. The molecule has 1 aromatic carbocycles. The first-order valence-electron chi connectivity index (χ1n) is 7.07. The van der Waals surface area contributed by atoms with Crippen LogP contribution in [0.5, 0.6) is 0 Å². The predicted molar refractivity (Wildman–Crippen MR) is 93.4 cm³/mol. The number of amides is 1. The van der Waals surface area contributed by atoms with Crippen molar-refractivity contribution in [2.45, 2.75) is 13.0 Å². The van der Waals surface area contributed by atoms with Crippen LogP contribution in [0.2, 0.25) is 4.34 Å². The molecule has 0 aliphatic carbocycles. The van der Waals surface area contributed by atoms with E-state index in [4.69, 9.17) is 22.7 Å². The van der Waals surface area contributed by atoms with Gasteiger partial charge in [-0.3, -0.25) is 4.79 Å². The highest BCUT2D eigenvalue weighted by molar-refractivity contribution is 7.17. The van der Waals surface area contributed by atoms with Gasteiger partial charge in [0, 0.05) is 11.6 Å². The molecule has 24 heavy (non-hydrogen) atoms. The molecule has 0 radical (unpaired) electrons. The average Bonchev–Trinajstić information content (AvgIpc) is 3.24. The van der Waals surface area contributed by atoms with Crippen LogP contribution in [0, 0.1) is 6.57 Å². The molecule has 3 rings (SSSR count). The number of hydrogen-bond donors (Lipinski definition) is 1. The zero-order valence-electron chi connectivity index (χ0n) is 12.6. The van der Waals surface area contributed by atoms with Crippen LogP contribution >= 0.6 is 22.9 Å². The zero-order valence-corrected chi connectivity index (χ0v) is 14.2. The number of rotatable bonds is 4. The van der Waals surface area contributed by atoms with E-state index in [1.807, 2.05) is 19.1 Å². The van der Waals surface area contributed by atoms with Crippen molar-refractivity contribution < 1.29 is 9.32 Å². The van der Waals surface area contributed by atoms with Gasteiger partial charge in [-0.15, -0.1) is 11.3 Å². The SMILES string of the molecule is [C-]#[N+]c1ccc(-c2cc([C@@H](C)NC(=O)c3ccc(Cl)s3)on2)cc1. The molecule has 3 aromatic rings. The summed E-state index contributed by atoms with van der Waals surface area (Å²) in [4.78, 5) is 16.0. The van der Waals surface area contributed by atoms with Crippen molar-refractivity contribution in [3.63, 3.8) is 0 Å². The van der Waals surface area contributed by atoms with Crippen LogP contribution in [0.3, 0.4) is 0 Å². The Bertz CT molecular complexity index is 909. The van der Waals surface area contributed by atoms with Gasteiger partial charge >= 0.3 is 0 Å². The molecule has 2 heterocycles. The average molecular weight is 358 g/mol. The minimum absolute atomic E-state index is 0.209. The van der Waals surface area contributed by atoms with Crippen LogP contribution < -0.4 is 5.32 Å². The summed E-state index contributed by atoms with van der Waals surface area (Å²) in [5.74, 6) is 0.342. The molecule has 0 spiro atoms. The molecule has 0 aliphatic rings. The Kier molecular flexibility index (Phi) is 4.65. The first-order chi connectivity index (χ1) is 11.6. The van der Waals surface area contributed by atoms with E-state index in [1.54, 1.807) is 30.3 Å². The van der Waals surface area contributed by atoms with E-state index in [0.717, 1.165) is 5.56 Å². The van der Waals surface area contributed by atoms with Gasteiger partial charge in [-0.05, 0) is 19.1 Å². The van der Waals surface area contributed by atoms with E-state index in [-0.39, 0.29) is 11.9 Å². The van der Waals surface area contributed by atoms with Crippen molar-refractivity contribution >= 4 is 34.5 Å². The first kappa shape index (κ1) is 16.2. The highest BCUT2D eigenvalue weighted by atomic mass is 35.5. The molecule has 0 fully saturated rings. The zero-order chi connectivity index (χ0) is 17.1. The maximum atomic E-state index is 12.1. The second kappa shape index (κ2) is 6.87. The Morgan fingerprint density at radius 3 is 2.71 bits per heavy atom. The predicted octanol–water partition coefficient (Wildman–Crippen LogP) is 5.10. The number of halogens is 1. The molecule has 1 N–H and O–H groups in total. The van der Waals surface area contributed by atoms with Gasteiger partial charge in [-0.1, -0.05) is 41.0 Å². The van der Waals surface area contributed by atoms with E-state index in [1.165, 1.54) is 11.3 Å². The number of aromatic nitrogens is 1. The second-order valence-electron chi connectivity index (χ2n) is 5.07. The standard InChI is InChI=1S/C17H12ClN3O2S/c1-10(20-17(22)15-7-8-16(18)24-15)14-9-13(21-23-14)11-3-5-12(19-2)6-4-11/h3-10H,1H3,(H,20,22)/t10-/m1/s1. The number of carbonyl (C=O) groups excluding carboxylic acids is 1. The van der Waals surface area contributed by atoms with Gasteiger partial charge in [0.15, 0.2) is 11.4 Å². The fraction of sp³-hybridized carbons (Fsp3) is 0.118. The van der Waals surface area contributed by atoms with Crippen LogP contribution in [0.4, 0.5) is 5.69 Å². The van der Waals surface area contributed by atoms with Gasteiger partial charge in [0.2, 0.25) is 0 Å². The number of nitrogens with zero attached hydrogens (tertiary/aromatic N) is 2. The van der Waals surface area contributed by atoms with Crippen molar-refractivity contribution in [3.05, 3.63) is 68.9 Å². The maximum absolute atomic E-state index is 12.1. The van der Waals surface area contributed by atoms with Crippen LogP contribution in [0.25, 0.3) is 16.1 Å². The van der Waals surface area contributed by atoms with Gasteiger partial charge < -0.3 is 9.84 Å². The monoisotopic (exact) mass is 357 g/mol. The molecular formula is C17H12ClN3O2S. The van der Waals surface area contributed by atoms with Crippen LogP contribution in [0.1, 0.15) is 28.4 Å². The summed E-state index contributed by atoms with van der Waals surface area (Å²) in [5, 5.41) is 6.87. The molecule has 0 unspecified atom stereocenters. The topological polar surface area (TPSA) is 59.5 Å². The number of thiophene rings is 1. The van der Waals surface area contributed by atoms with Gasteiger partial charge in [-0.25, -0.2) is 4.85 Å². The van der Waals surface area contributed by atoms with Crippen LogP contribution in [-0.4, -0.2) is 11.1 Å². The van der Waals surface area contributed by atoms with Gasteiger partial charge in [-0.2, -0.15) is 0 Å². The molecule has 2 aromatic heterocycles. The summed E-state index contributed by atoms with van der Waals surface area (Å²) in [6.07, 6.45) is 0. The van der Waals surface area contributed by atoms with Crippen LogP contribution in [0.15, 0.2) is 47.0 Å². The van der Waals surface area contributed by atoms with Gasteiger partial charge in [0.1, 0.15) is 5.69 Å². The number of carbonyl (C=O) groups is 1. The molecular weight excluding hydrogens is 346 g/mol. The maximum Gasteiger partial charge on any atom is 0.261 e. The van der Waals surface area contributed by atoms with E-state index < -0.39 is 0 Å². The van der Waals surface area contributed by atoms with E-state index in [0.29, 0.717) is 26.4 Å². The third kappa shape index (κ3) is 3.48. The summed E-state index contributed by atoms with van der Waals surface area (Å²) in [6.45, 7) is 8.78.